The topological polar surface area (TPSA) is 112 Å². The number of aromatic nitrogens is 1. The van der Waals surface area contributed by atoms with Crippen molar-refractivity contribution < 1.29 is 15.0 Å². The van der Waals surface area contributed by atoms with Crippen LogP contribution in [0.2, 0.25) is 0 Å². The molecule has 1 heterocycles. The summed E-state index contributed by atoms with van der Waals surface area (Å²) in [6.07, 6.45) is 1.57. The number of hydrogen-bond donors (Lipinski definition) is 4. The minimum Gasteiger partial charge on any atom is -0.494 e. The number of hydrogen-bond acceptors (Lipinski definition) is 5. The summed E-state index contributed by atoms with van der Waals surface area (Å²) >= 11 is 0. The number of nitrogens with one attached hydrogen (secondary N) is 1. The number of nitrogens with two attached hydrogens (primary N) is 1. The molecule has 3 aromatic carbocycles. The number of aliphatic hydroxyl groups excluding tert-OH is 1. The Morgan fingerprint density at radius 1 is 1.03 bits per heavy atom. The monoisotopic (exact) mass is 385 g/mol. The maximum atomic E-state index is 12.7. The van der Waals surface area contributed by atoms with Crippen LogP contribution in [0.15, 0.2) is 71.7 Å². The van der Waals surface area contributed by atoms with E-state index in [1.165, 1.54) is 0 Å². The van der Waals surface area contributed by atoms with Crippen molar-refractivity contribution in [2.24, 2.45) is 4.99 Å². The van der Waals surface area contributed by atoms with Gasteiger partial charge in [0.15, 0.2) is 11.7 Å². The smallest absolute Gasteiger partial charge is 0.198 e. The van der Waals surface area contributed by atoms with Crippen molar-refractivity contribution in [1.82, 2.24) is 4.98 Å². The fraction of sp³-hybridized carbons (Fsp3) is 0.0435. The highest BCUT2D eigenvalue weighted by molar-refractivity contribution is 6.12. The molecule has 4 aromatic rings. The van der Waals surface area contributed by atoms with Crippen LogP contribution in [0, 0.1) is 0 Å². The molecule has 0 spiro atoms. The molecule has 0 aliphatic rings. The zero-order valence-electron chi connectivity index (χ0n) is 15.5. The number of carbonyl (C=O) groups excluding carboxylic acids is 1. The Balaban J connectivity index is 1.66. The van der Waals surface area contributed by atoms with Crippen molar-refractivity contribution in [3.05, 3.63) is 89.0 Å². The van der Waals surface area contributed by atoms with Gasteiger partial charge in [0.2, 0.25) is 0 Å². The number of aliphatic hydroxyl groups is 1. The van der Waals surface area contributed by atoms with Crippen LogP contribution in [0.1, 0.15) is 27.0 Å². The molecular weight excluding hydrogens is 366 g/mol. The van der Waals surface area contributed by atoms with Crippen molar-refractivity contribution in [2.45, 2.75) is 6.61 Å². The van der Waals surface area contributed by atoms with Gasteiger partial charge >= 0.3 is 0 Å². The van der Waals surface area contributed by atoms with Gasteiger partial charge in [0.1, 0.15) is 0 Å². The summed E-state index contributed by atoms with van der Waals surface area (Å²) in [6.45, 7) is -0.0240. The molecule has 4 rings (SSSR count). The number of anilines is 1. The predicted molar refractivity (Wildman–Crippen MR) is 114 cm³/mol. The lowest BCUT2D eigenvalue weighted by molar-refractivity contribution is 0.103. The summed E-state index contributed by atoms with van der Waals surface area (Å²) in [6, 6.07) is 19.2. The van der Waals surface area contributed by atoms with E-state index in [9.17, 15) is 9.90 Å². The van der Waals surface area contributed by atoms with Crippen LogP contribution in [-0.2, 0) is 6.61 Å². The molecule has 0 aliphatic carbocycles. The van der Waals surface area contributed by atoms with Crippen LogP contribution in [0.5, 0.6) is 5.88 Å². The molecule has 1 aromatic heterocycles. The summed E-state index contributed by atoms with van der Waals surface area (Å²) in [5, 5.41) is 20.2. The number of fused-ring (bicyclic) bond motifs is 1. The van der Waals surface area contributed by atoms with E-state index in [-0.39, 0.29) is 18.3 Å². The SMILES string of the molecule is Nc1cccc(C(=O)c2ccc3c(C=Nc4ccc(CO)cc4)c(O)[nH]c3c2)c1. The average molecular weight is 385 g/mol. The van der Waals surface area contributed by atoms with Gasteiger partial charge in [0, 0.05) is 33.9 Å². The standard InChI is InChI=1S/C23H19N3O3/c24-17-3-1-2-15(10-17)22(28)16-6-9-19-20(23(29)26-21(19)11-16)12-25-18-7-4-14(13-27)5-8-18/h1-12,26-27,29H,13,24H2. The van der Waals surface area contributed by atoms with Crippen molar-refractivity contribution in [1.29, 1.82) is 0 Å². The molecule has 0 bridgehead atoms. The van der Waals surface area contributed by atoms with Gasteiger partial charge in [-0.2, -0.15) is 0 Å². The van der Waals surface area contributed by atoms with Crippen LogP contribution >= 0.6 is 0 Å². The lowest BCUT2D eigenvalue weighted by Gasteiger charge is -2.03. The fourth-order valence-corrected chi connectivity index (χ4v) is 3.15. The number of nitrogen functional groups attached to an aromatic ring is 1. The molecule has 0 atom stereocenters. The van der Waals surface area contributed by atoms with Gasteiger partial charge in [-0.1, -0.05) is 36.4 Å². The van der Waals surface area contributed by atoms with E-state index in [0.717, 1.165) is 10.9 Å². The number of rotatable bonds is 5. The first-order valence-electron chi connectivity index (χ1n) is 9.04. The molecule has 0 fully saturated rings. The Bertz CT molecular complexity index is 1220. The number of aromatic amines is 1. The first kappa shape index (κ1) is 18.5. The molecule has 0 saturated heterocycles. The van der Waals surface area contributed by atoms with Crippen LogP contribution in [-0.4, -0.2) is 27.2 Å². The highest BCUT2D eigenvalue weighted by atomic mass is 16.3. The quantitative estimate of drug-likeness (QED) is 0.237. The number of aliphatic imine (C=N–C) groups is 1. The first-order chi connectivity index (χ1) is 14.0. The first-order valence-corrected chi connectivity index (χ1v) is 9.04. The Morgan fingerprint density at radius 3 is 2.52 bits per heavy atom. The third-order valence-electron chi connectivity index (χ3n) is 4.69. The Kier molecular flexibility index (Phi) is 4.85. The van der Waals surface area contributed by atoms with E-state index >= 15 is 0 Å². The van der Waals surface area contributed by atoms with E-state index in [1.54, 1.807) is 72.9 Å². The fourth-order valence-electron chi connectivity index (χ4n) is 3.15. The lowest BCUT2D eigenvalue weighted by atomic mass is 10.0. The average Bonchev–Trinajstić information content (AvgIpc) is 3.06. The summed E-state index contributed by atoms with van der Waals surface area (Å²) in [5.74, 6) is -0.170. The second-order valence-corrected chi connectivity index (χ2v) is 6.68. The summed E-state index contributed by atoms with van der Waals surface area (Å²) in [5.41, 5.74) is 9.97. The molecule has 0 unspecified atom stereocenters. The summed E-state index contributed by atoms with van der Waals surface area (Å²) in [4.78, 5) is 20.0. The van der Waals surface area contributed by atoms with E-state index < -0.39 is 0 Å². The molecule has 144 valence electrons. The second kappa shape index (κ2) is 7.61. The van der Waals surface area contributed by atoms with E-state index in [1.807, 2.05) is 0 Å². The number of ketones is 1. The minimum absolute atomic E-state index is 0.0238. The second-order valence-electron chi connectivity index (χ2n) is 6.68. The Labute approximate surface area is 167 Å². The van der Waals surface area contributed by atoms with E-state index in [0.29, 0.717) is 33.6 Å². The molecule has 6 heteroatoms. The van der Waals surface area contributed by atoms with Gasteiger partial charge in [0.25, 0.3) is 0 Å². The molecule has 29 heavy (non-hydrogen) atoms. The highest BCUT2D eigenvalue weighted by Gasteiger charge is 2.14. The highest BCUT2D eigenvalue weighted by Crippen LogP contribution is 2.28. The molecule has 0 saturated carbocycles. The van der Waals surface area contributed by atoms with Gasteiger partial charge in [-0.25, -0.2) is 0 Å². The van der Waals surface area contributed by atoms with Crippen molar-refractivity contribution >= 4 is 34.3 Å². The Morgan fingerprint density at radius 2 is 1.79 bits per heavy atom. The largest absolute Gasteiger partial charge is 0.494 e. The number of carbonyl (C=O) groups is 1. The third kappa shape index (κ3) is 3.74. The van der Waals surface area contributed by atoms with Crippen molar-refractivity contribution in [2.75, 3.05) is 5.73 Å². The molecular formula is C23H19N3O3. The third-order valence-corrected chi connectivity index (χ3v) is 4.69. The summed E-state index contributed by atoms with van der Waals surface area (Å²) < 4.78 is 0. The molecule has 6 nitrogen and oxygen atoms in total. The van der Waals surface area contributed by atoms with Crippen LogP contribution in [0.25, 0.3) is 10.9 Å². The zero-order valence-corrected chi connectivity index (χ0v) is 15.5. The van der Waals surface area contributed by atoms with Gasteiger partial charge in [-0.15, -0.1) is 0 Å². The van der Waals surface area contributed by atoms with E-state index in [4.69, 9.17) is 10.8 Å². The zero-order chi connectivity index (χ0) is 20.4. The number of H-pyrrole nitrogens is 1. The van der Waals surface area contributed by atoms with Gasteiger partial charge < -0.3 is 20.9 Å². The molecule has 0 amide bonds. The van der Waals surface area contributed by atoms with Gasteiger partial charge in [-0.05, 0) is 35.9 Å². The van der Waals surface area contributed by atoms with Gasteiger partial charge in [-0.3, -0.25) is 9.79 Å². The maximum Gasteiger partial charge on any atom is 0.198 e. The molecule has 0 aliphatic heterocycles. The predicted octanol–water partition coefficient (Wildman–Crippen LogP) is 3.93. The summed E-state index contributed by atoms with van der Waals surface area (Å²) in [7, 11) is 0. The minimum atomic E-state index is -0.146. The number of aromatic hydroxyl groups is 1. The van der Waals surface area contributed by atoms with Crippen LogP contribution in [0.3, 0.4) is 0 Å². The van der Waals surface area contributed by atoms with Crippen LogP contribution < -0.4 is 5.73 Å². The van der Waals surface area contributed by atoms with Crippen molar-refractivity contribution in [3.8, 4) is 5.88 Å². The lowest BCUT2D eigenvalue weighted by Crippen LogP contribution is -2.01. The molecule has 0 radical (unpaired) electrons. The van der Waals surface area contributed by atoms with Crippen molar-refractivity contribution in [3.63, 3.8) is 0 Å². The number of nitrogens with zero attached hydrogens (tertiary/aromatic N) is 1. The molecule has 5 N–H and O–H groups in total. The maximum absolute atomic E-state index is 12.7. The number of benzene rings is 3. The van der Waals surface area contributed by atoms with E-state index in [2.05, 4.69) is 9.98 Å². The van der Waals surface area contributed by atoms with Gasteiger partial charge in [0.05, 0.1) is 17.9 Å². The van der Waals surface area contributed by atoms with Crippen LogP contribution in [0.4, 0.5) is 11.4 Å². The Hall–Kier alpha value is -3.90. The normalized spacial score (nSPS) is 11.3.